The first kappa shape index (κ1) is 13.8. The van der Waals surface area contributed by atoms with E-state index in [1.807, 2.05) is 25.2 Å². The number of anilines is 1. The standard InChI is InChI=1S/C14H20N2O3/c1-15-7-8-16(9-11(15)10-17)13-6-4-3-5-12(13)14(18)19-2/h3-6,11,17H,7-10H2,1-2H3. The van der Waals surface area contributed by atoms with Gasteiger partial charge in [-0.25, -0.2) is 4.79 Å². The Morgan fingerprint density at radius 1 is 1.42 bits per heavy atom. The van der Waals surface area contributed by atoms with E-state index in [1.165, 1.54) is 7.11 Å². The molecule has 1 aromatic rings. The van der Waals surface area contributed by atoms with E-state index < -0.39 is 0 Å². The Morgan fingerprint density at radius 2 is 2.16 bits per heavy atom. The molecule has 0 saturated carbocycles. The molecule has 1 fully saturated rings. The monoisotopic (exact) mass is 264 g/mol. The number of esters is 1. The Kier molecular flexibility index (Phi) is 4.39. The first-order valence-corrected chi connectivity index (χ1v) is 6.40. The van der Waals surface area contributed by atoms with E-state index >= 15 is 0 Å². The Hall–Kier alpha value is -1.59. The van der Waals surface area contributed by atoms with Crippen LogP contribution in [0.4, 0.5) is 5.69 Å². The number of piperazine rings is 1. The first-order valence-electron chi connectivity index (χ1n) is 6.40. The largest absolute Gasteiger partial charge is 0.465 e. The summed E-state index contributed by atoms with van der Waals surface area (Å²) in [4.78, 5) is 16.1. The molecule has 1 aromatic carbocycles. The summed E-state index contributed by atoms with van der Waals surface area (Å²) in [5.41, 5.74) is 1.45. The molecule has 0 aromatic heterocycles. The average Bonchev–Trinajstić information content (AvgIpc) is 2.47. The number of para-hydroxylation sites is 1. The van der Waals surface area contributed by atoms with Gasteiger partial charge in [-0.3, -0.25) is 4.90 Å². The lowest BCUT2D eigenvalue weighted by atomic mass is 10.1. The molecule has 0 amide bonds. The average molecular weight is 264 g/mol. The van der Waals surface area contributed by atoms with E-state index in [1.54, 1.807) is 6.07 Å². The number of likely N-dealkylation sites (N-methyl/N-ethyl adjacent to an activating group) is 1. The van der Waals surface area contributed by atoms with Crippen LogP contribution in [0.1, 0.15) is 10.4 Å². The fourth-order valence-electron chi connectivity index (χ4n) is 2.39. The molecule has 0 radical (unpaired) electrons. The van der Waals surface area contributed by atoms with Crippen LogP contribution in [0.5, 0.6) is 0 Å². The van der Waals surface area contributed by atoms with Gasteiger partial charge in [0.05, 0.1) is 31.0 Å². The van der Waals surface area contributed by atoms with Gasteiger partial charge < -0.3 is 14.7 Å². The number of nitrogens with zero attached hydrogens (tertiary/aromatic N) is 2. The van der Waals surface area contributed by atoms with Crippen molar-refractivity contribution in [3.05, 3.63) is 29.8 Å². The SMILES string of the molecule is COC(=O)c1ccccc1N1CCN(C)C(CO)C1. The highest BCUT2D eigenvalue weighted by molar-refractivity contribution is 5.95. The van der Waals surface area contributed by atoms with Crippen LogP contribution in [0.3, 0.4) is 0 Å². The summed E-state index contributed by atoms with van der Waals surface area (Å²) in [6.45, 7) is 2.52. The third-order valence-corrected chi connectivity index (χ3v) is 3.64. The lowest BCUT2D eigenvalue weighted by molar-refractivity contribution is 0.0601. The molecule has 0 spiro atoms. The van der Waals surface area contributed by atoms with E-state index in [0.29, 0.717) is 12.1 Å². The second-order valence-corrected chi connectivity index (χ2v) is 4.77. The third-order valence-electron chi connectivity index (χ3n) is 3.64. The van der Waals surface area contributed by atoms with E-state index in [2.05, 4.69) is 9.80 Å². The molecule has 1 aliphatic heterocycles. The van der Waals surface area contributed by atoms with Crippen LogP contribution < -0.4 is 4.90 Å². The number of hydrogen-bond donors (Lipinski definition) is 1. The van der Waals surface area contributed by atoms with Gasteiger partial charge in [0.25, 0.3) is 0 Å². The predicted octanol–water partition coefficient (Wildman–Crippen LogP) is 0.586. The molecule has 0 bridgehead atoms. The minimum absolute atomic E-state index is 0.0967. The molecule has 1 atom stereocenters. The maximum absolute atomic E-state index is 11.8. The zero-order valence-electron chi connectivity index (χ0n) is 11.4. The quantitative estimate of drug-likeness (QED) is 0.810. The fourth-order valence-corrected chi connectivity index (χ4v) is 2.39. The Labute approximate surface area is 113 Å². The number of hydrogen-bond acceptors (Lipinski definition) is 5. The van der Waals surface area contributed by atoms with Crippen molar-refractivity contribution < 1.29 is 14.6 Å². The molecular weight excluding hydrogens is 244 g/mol. The number of ether oxygens (including phenoxy) is 1. The van der Waals surface area contributed by atoms with Gasteiger partial charge in [0.2, 0.25) is 0 Å². The van der Waals surface area contributed by atoms with Crippen LogP contribution in [0, 0.1) is 0 Å². The number of aliphatic hydroxyl groups is 1. The highest BCUT2D eigenvalue weighted by atomic mass is 16.5. The lowest BCUT2D eigenvalue weighted by Gasteiger charge is -2.40. The number of carbonyl (C=O) groups excluding carboxylic acids is 1. The zero-order valence-corrected chi connectivity index (χ0v) is 11.4. The molecule has 2 rings (SSSR count). The third kappa shape index (κ3) is 2.88. The number of benzene rings is 1. The maximum Gasteiger partial charge on any atom is 0.339 e. The minimum atomic E-state index is -0.324. The summed E-state index contributed by atoms with van der Waals surface area (Å²) < 4.78 is 4.82. The van der Waals surface area contributed by atoms with Gasteiger partial charge in [-0.05, 0) is 19.2 Å². The van der Waals surface area contributed by atoms with Crippen molar-refractivity contribution in [2.75, 3.05) is 45.3 Å². The first-order chi connectivity index (χ1) is 9.17. The van der Waals surface area contributed by atoms with Crippen LogP contribution in [0.2, 0.25) is 0 Å². The van der Waals surface area contributed by atoms with Gasteiger partial charge in [0, 0.05) is 19.6 Å². The highest BCUT2D eigenvalue weighted by Gasteiger charge is 2.26. The number of aliphatic hydroxyl groups excluding tert-OH is 1. The molecule has 1 unspecified atom stereocenters. The van der Waals surface area contributed by atoms with Gasteiger partial charge in [-0.2, -0.15) is 0 Å². The maximum atomic E-state index is 11.8. The Balaban J connectivity index is 2.24. The predicted molar refractivity (Wildman–Crippen MR) is 73.5 cm³/mol. The van der Waals surface area contributed by atoms with Crippen molar-refractivity contribution in [1.82, 2.24) is 4.90 Å². The molecule has 1 heterocycles. The van der Waals surface area contributed by atoms with Gasteiger partial charge >= 0.3 is 5.97 Å². The van der Waals surface area contributed by atoms with Gasteiger partial charge in [-0.15, -0.1) is 0 Å². The summed E-state index contributed by atoms with van der Waals surface area (Å²) in [6, 6.07) is 7.53. The highest BCUT2D eigenvalue weighted by Crippen LogP contribution is 2.23. The second kappa shape index (κ2) is 6.04. The summed E-state index contributed by atoms with van der Waals surface area (Å²) in [5.74, 6) is -0.324. The van der Waals surface area contributed by atoms with Crippen LogP contribution >= 0.6 is 0 Å². The molecule has 1 saturated heterocycles. The van der Waals surface area contributed by atoms with Crippen LogP contribution in [-0.2, 0) is 4.74 Å². The zero-order chi connectivity index (χ0) is 13.8. The number of methoxy groups -OCH3 is 1. The fraction of sp³-hybridized carbons (Fsp3) is 0.500. The van der Waals surface area contributed by atoms with E-state index in [0.717, 1.165) is 18.8 Å². The molecule has 5 nitrogen and oxygen atoms in total. The smallest absolute Gasteiger partial charge is 0.339 e. The van der Waals surface area contributed by atoms with E-state index in [-0.39, 0.29) is 18.6 Å². The topological polar surface area (TPSA) is 53.0 Å². The Bertz CT molecular complexity index is 450. The second-order valence-electron chi connectivity index (χ2n) is 4.77. The van der Waals surface area contributed by atoms with Gasteiger partial charge in [0.15, 0.2) is 0 Å². The van der Waals surface area contributed by atoms with Gasteiger partial charge in [0.1, 0.15) is 0 Å². The molecule has 5 heteroatoms. The van der Waals surface area contributed by atoms with Crippen LogP contribution in [-0.4, -0.2) is 62.4 Å². The minimum Gasteiger partial charge on any atom is -0.465 e. The van der Waals surface area contributed by atoms with Crippen molar-refractivity contribution in [1.29, 1.82) is 0 Å². The van der Waals surface area contributed by atoms with Crippen molar-refractivity contribution >= 4 is 11.7 Å². The summed E-state index contributed by atoms with van der Waals surface area (Å²) in [5, 5.41) is 9.39. The van der Waals surface area contributed by atoms with E-state index in [4.69, 9.17) is 4.74 Å². The molecule has 19 heavy (non-hydrogen) atoms. The molecule has 0 aliphatic carbocycles. The molecular formula is C14H20N2O3. The molecule has 104 valence electrons. The normalized spacial score (nSPS) is 20.4. The van der Waals surface area contributed by atoms with Crippen LogP contribution in [0.25, 0.3) is 0 Å². The van der Waals surface area contributed by atoms with Crippen molar-refractivity contribution in [3.63, 3.8) is 0 Å². The summed E-state index contributed by atoms with van der Waals surface area (Å²) >= 11 is 0. The van der Waals surface area contributed by atoms with E-state index in [9.17, 15) is 9.90 Å². The molecule has 1 N–H and O–H groups in total. The summed E-state index contributed by atoms with van der Waals surface area (Å²) in [7, 11) is 3.39. The van der Waals surface area contributed by atoms with Crippen molar-refractivity contribution in [2.24, 2.45) is 0 Å². The lowest BCUT2D eigenvalue weighted by Crippen LogP contribution is -2.53. The summed E-state index contributed by atoms with van der Waals surface area (Å²) in [6.07, 6.45) is 0. The van der Waals surface area contributed by atoms with Crippen LogP contribution in [0.15, 0.2) is 24.3 Å². The molecule has 1 aliphatic rings. The van der Waals surface area contributed by atoms with Crippen molar-refractivity contribution in [2.45, 2.75) is 6.04 Å². The number of rotatable bonds is 3. The van der Waals surface area contributed by atoms with Gasteiger partial charge in [-0.1, -0.05) is 12.1 Å². The number of carbonyl (C=O) groups is 1. The Morgan fingerprint density at radius 3 is 2.84 bits per heavy atom. The van der Waals surface area contributed by atoms with Crippen molar-refractivity contribution in [3.8, 4) is 0 Å².